The number of rotatable bonds is 9. The minimum Gasteiger partial charge on any atom is -0.504 e. The molecule has 0 radical (unpaired) electrons. The van der Waals surface area contributed by atoms with E-state index in [2.05, 4.69) is 25.4 Å². The van der Waals surface area contributed by atoms with Gasteiger partial charge in [-0.05, 0) is 61.0 Å². The minimum atomic E-state index is -0.718. The summed E-state index contributed by atoms with van der Waals surface area (Å²) >= 11 is 0. The Kier molecular flexibility index (Phi) is 8.83. The molecule has 0 saturated carbocycles. The molecule has 4 aromatic rings. The van der Waals surface area contributed by atoms with Crippen LogP contribution < -0.4 is 20.1 Å². The number of urea groups is 1. The van der Waals surface area contributed by atoms with E-state index in [4.69, 9.17) is 20.8 Å². The van der Waals surface area contributed by atoms with E-state index in [0.29, 0.717) is 40.4 Å². The Morgan fingerprint density at radius 1 is 1.02 bits per heavy atom. The van der Waals surface area contributed by atoms with Crippen molar-refractivity contribution in [3.8, 4) is 17.2 Å². The molecule has 0 spiro atoms. The number of amides is 2. The van der Waals surface area contributed by atoms with Crippen LogP contribution in [0.3, 0.4) is 0 Å². The topological polar surface area (TPSA) is 89.3 Å². The number of hydrogen-bond donors (Lipinski definition) is 2. The molecule has 2 N–H and O–H groups in total. The second kappa shape index (κ2) is 13.0. The lowest BCUT2D eigenvalue weighted by molar-refractivity contribution is 0.0358. The van der Waals surface area contributed by atoms with Gasteiger partial charge in [0.25, 0.3) is 0 Å². The Labute approximate surface area is 235 Å². The van der Waals surface area contributed by atoms with Crippen molar-refractivity contribution in [3.05, 3.63) is 89.9 Å². The van der Waals surface area contributed by atoms with Crippen LogP contribution in [0.1, 0.15) is 6.42 Å². The monoisotopic (exact) mass is 559 g/mol. The van der Waals surface area contributed by atoms with Gasteiger partial charge in [0.15, 0.2) is 0 Å². The first kappa shape index (κ1) is 27.8. The number of fused-ring (bicyclic) bond motifs is 1. The van der Waals surface area contributed by atoms with Crippen molar-refractivity contribution >= 4 is 34.0 Å². The summed E-state index contributed by atoms with van der Waals surface area (Å²) in [4.78, 5) is 22.6. The van der Waals surface area contributed by atoms with Gasteiger partial charge in [0.2, 0.25) is 5.69 Å². The Hall–Kier alpha value is -4.79. The molecule has 2 heterocycles. The third-order valence-electron chi connectivity index (χ3n) is 6.40. The molecule has 1 aromatic heterocycles. The van der Waals surface area contributed by atoms with E-state index in [1.165, 1.54) is 36.4 Å². The summed E-state index contributed by atoms with van der Waals surface area (Å²) in [7, 11) is 0. The van der Waals surface area contributed by atoms with Crippen LogP contribution in [0.5, 0.6) is 17.2 Å². The number of carbonyl (C=O) groups is 1. The lowest BCUT2D eigenvalue weighted by atomic mass is 10.1. The van der Waals surface area contributed by atoms with Crippen molar-refractivity contribution in [2.75, 3.05) is 50.1 Å². The average Bonchev–Trinajstić information content (AvgIpc) is 2.98. The van der Waals surface area contributed by atoms with Gasteiger partial charge in [-0.15, -0.1) is 0 Å². The summed E-state index contributed by atoms with van der Waals surface area (Å²) in [6.45, 7) is 12.3. The van der Waals surface area contributed by atoms with Gasteiger partial charge in [-0.2, -0.15) is 0 Å². The number of hydrogen-bond acceptors (Lipinski definition) is 6. The third kappa shape index (κ3) is 7.25. The maximum atomic E-state index is 14.8. The summed E-state index contributed by atoms with van der Waals surface area (Å²) < 4.78 is 45.1. The van der Waals surface area contributed by atoms with Gasteiger partial charge in [-0.1, -0.05) is 0 Å². The van der Waals surface area contributed by atoms with E-state index in [9.17, 15) is 13.6 Å². The number of pyridine rings is 1. The summed E-state index contributed by atoms with van der Waals surface area (Å²) in [6.07, 6.45) is 2.37. The number of morpholine rings is 1. The zero-order valence-corrected chi connectivity index (χ0v) is 22.0. The van der Waals surface area contributed by atoms with Crippen molar-refractivity contribution in [2.24, 2.45) is 0 Å². The number of aromatic nitrogens is 1. The van der Waals surface area contributed by atoms with Crippen LogP contribution in [0.25, 0.3) is 15.7 Å². The summed E-state index contributed by atoms with van der Waals surface area (Å²) in [5.41, 5.74) is 1.17. The first-order chi connectivity index (χ1) is 20.0. The molecule has 0 unspecified atom stereocenters. The van der Waals surface area contributed by atoms with Gasteiger partial charge < -0.3 is 24.8 Å². The molecule has 5 rings (SSSR count). The van der Waals surface area contributed by atoms with E-state index in [-0.39, 0.29) is 11.4 Å². The van der Waals surface area contributed by atoms with Crippen molar-refractivity contribution in [3.63, 3.8) is 0 Å². The smallest absolute Gasteiger partial charge is 0.323 e. The molecule has 1 saturated heterocycles. The van der Waals surface area contributed by atoms with Gasteiger partial charge in [-0.25, -0.2) is 18.4 Å². The zero-order chi connectivity index (χ0) is 28.6. The number of benzene rings is 3. The van der Waals surface area contributed by atoms with Crippen molar-refractivity contribution in [1.82, 2.24) is 9.88 Å². The molecule has 2 amide bonds. The van der Waals surface area contributed by atoms with E-state index in [1.807, 2.05) is 0 Å². The maximum Gasteiger partial charge on any atom is 0.323 e. The summed E-state index contributed by atoms with van der Waals surface area (Å²) in [5, 5.41) is 5.49. The van der Waals surface area contributed by atoms with Crippen LogP contribution in [-0.4, -0.2) is 55.4 Å². The second-order valence-electron chi connectivity index (χ2n) is 9.24. The number of nitrogens with zero attached hydrogens (tertiary/aromatic N) is 3. The van der Waals surface area contributed by atoms with Gasteiger partial charge in [0.05, 0.1) is 37.6 Å². The lowest BCUT2D eigenvalue weighted by Gasteiger charge is -2.26. The summed E-state index contributed by atoms with van der Waals surface area (Å²) in [5.74, 6) is -0.141. The van der Waals surface area contributed by atoms with Crippen LogP contribution in [-0.2, 0) is 4.74 Å². The van der Waals surface area contributed by atoms with Crippen molar-refractivity contribution in [1.29, 1.82) is 0 Å². The van der Waals surface area contributed by atoms with Crippen LogP contribution in [0, 0.1) is 18.2 Å². The van der Waals surface area contributed by atoms with Gasteiger partial charge >= 0.3 is 6.03 Å². The molecule has 0 aliphatic carbocycles. The molecule has 1 fully saturated rings. The molecule has 3 aromatic carbocycles. The first-order valence-corrected chi connectivity index (χ1v) is 13.0. The number of carbonyl (C=O) groups excluding carboxylic acids is 1. The fraction of sp³-hybridized carbons (Fsp3) is 0.233. The minimum absolute atomic E-state index is 0.0674. The van der Waals surface area contributed by atoms with Gasteiger partial charge in [-0.3, -0.25) is 9.88 Å². The van der Waals surface area contributed by atoms with E-state index < -0.39 is 17.7 Å². The SMILES string of the molecule is [C-]#[N+]c1cc2c(Oc3ccc(NC(=O)Nc4ccc(F)cc4)c(F)c3)ccnc2cc1OCCCN1CCOCC1. The van der Waals surface area contributed by atoms with E-state index in [1.54, 1.807) is 24.4 Å². The molecule has 1 aliphatic rings. The molecule has 41 heavy (non-hydrogen) atoms. The number of halogens is 2. The zero-order valence-electron chi connectivity index (χ0n) is 22.0. The van der Waals surface area contributed by atoms with Gasteiger partial charge in [0, 0.05) is 43.0 Å². The molecule has 210 valence electrons. The highest BCUT2D eigenvalue weighted by Crippen LogP contribution is 2.38. The van der Waals surface area contributed by atoms with Crippen molar-refractivity contribution < 1.29 is 27.8 Å². The highest BCUT2D eigenvalue weighted by molar-refractivity contribution is 5.99. The molecule has 9 nitrogen and oxygen atoms in total. The Morgan fingerprint density at radius 2 is 1.83 bits per heavy atom. The third-order valence-corrected chi connectivity index (χ3v) is 6.40. The number of ether oxygens (including phenoxy) is 3. The predicted octanol–water partition coefficient (Wildman–Crippen LogP) is 6.60. The molecule has 11 heteroatoms. The first-order valence-electron chi connectivity index (χ1n) is 13.0. The van der Waals surface area contributed by atoms with E-state index in [0.717, 1.165) is 45.3 Å². The van der Waals surface area contributed by atoms with Crippen LogP contribution in [0.4, 0.5) is 30.6 Å². The normalized spacial score (nSPS) is 13.4. The average molecular weight is 560 g/mol. The fourth-order valence-electron chi connectivity index (χ4n) is 4.33. The van der Waals surface area contributed by atoms with Gasteiger partial charge in [0.1, 0.15) is 28.9 Å². The lowest BCUT2D eigenvalue weighted by Crippen LogP contribution is -2.37. The highest BCUT2D eigenvalue weighted by atomic mass is 19.1. The molecule has 0 atom stereocenters. The summed E-state index contributed by atoms with van der Waals surface area (Å²) in [6, 6.07) is 13.5. The van der Waals surface area contributed by atoms with Crippen molar-refractivity contribution in [2.45, 2.75) is 6.42 Å². The van der Waals surface area contributed by atoms with Crippen LogP contribution in [0.15, 0.2) is 66.9 Å². The largest absolute Gasteiger partial charge is 0.504 e. The Bertz CT molecular complexity index is 1570. The fourth-order valence-corrected chi connectivity index (χ4v) is 4.33. The van der Waals surface area contributed by atoms with E-state index >= 15 is 0 Å². The number of anilines is 2. The molecular formula is C30H27F2N5O4. The molecule has 0 bridgehead atoms. The van der Waals surface area contributed by atoms with Crippen LogP contribution in [0.2, 0.25) is 0 Å². The number of nitrogens with one attached hydrogen (secondary N) is 2. The molecular weight excluding hydrogens is 532 g/mol. The van der Waals surface area contributed by atoms with Crippen LogP contribution >= 0.6 is 0 Å². The molecule has 1 aliphatic heterocycles. The Morgan fingerprint density at radius 3 is 2.59 bits per heavy atom. The highest BCUT2D eigenvalue weighted by Gasteiger charge is 2.14. The quantitative estimate of drug-likeness (QED) is 0.177. The maximum absolute atomic E-state index is 14.8. The standard InChI is InChI=1S/C30H27F2N5O4/c1-33-27-18-23-26(19-29(27)40-14-2-11-37-12-15-39-16-13-37)34-10-9-28(23)41-22-7-8-25(24(32)17-22)36-30(38)35-21-5-3-20(31)4-6-21/h3-10,17-19H,2,11-16H2,(H2,35,36,38). The second-order valence-corrected chi connectivity index (χ2v) is 9.24. The predicted molar refractivity (Wildman–Crippen MR) is 151 cm³/mol. The Balaban J connectivity index is 1.24.